The maximum absolute atomic E-state index is 6.31. The molecule has 0 spiro atoms. The molecule has 3 N–H and O–H groups in total. The van der Waals surface area contributed by atoms with E-state index >= 15 is 0 Å². The predicted molar refractivity (Wildman–Crippen MR) is 72.0 cm³/mol. The van der Waals surface area contributed by atoms with Gasteiger partial charge in [0.2, 0.25) is 0 Å². The van der Waals surface area contributed by atoms with Crippen LogP contribution in [-0.2, 0) is 5.54 Å². The molecule has 0 aliphatic heterocycles. The molecule has 1 atom stereocenters. The van der Waals surface area contributed by atoms with Crippen LogP contribution in [0.25, 0.3) is 11.0 Å². The third kappa shape index (κ3) is 2.20. The first-order chi connectivity index (χ1) is 7.94. The topological polar surface area (TPSA) is 54.7 Å². The minimum atomic E-state index is -0.367. The zero-order valence-corrected chi connectivity index (χ0v) is 11.1. The van der Waals surface area contributed by atoms with Crippen molar-refractivity contribution >= 4 is 11.0 Å². The number of aryl methyl sites for hydroxylation is 2. The van der Waals surface area contributed by atoms with Crippen molar-refractivity contribution in [2.75, 3.05) is 0 Å². The highest BCUT2D eigenvalue weighted by atomic mass is 15.0. The zero-order chi connectivity index (χ0) is 12.6. The summed E-state index contributed by atoms with van der Waals surface area (Å²) in [6.45, 7) is 8.37. The van der Waals surface area contributed by atoms with E-state index in [0.717, 1.165) is 29.7 Å². The molecule has 1 heterocycles. The predicted octanol–water partition coefficient (Wildman–Crippen LogP) is 3.15. The normalized spacial score (nSPS) is 15.1. The number of nitrogens with zero attached hydrogens (tertiary/aromatic N) is 1. The van der Waals surface area contributed by atoms with E-state index in [1.165, 1.54) is 11.1 Å². The van der Waals surface area contributed by atoms with Gasteiger partial charge in [-0.1, -0.05) is 19.4 Å². The summed E-state index contributed by atoms with van der Waals surface area (Å²) in [6.07, 6.45) is 1.99. The van der Waals surface area contributed by atoms with Crippen molar-refractivity contribution in [3.8, 4) is 0 Å². The number of rotatable bonds is 3. The highest BCUT2D eigenvalue weighted by molar-refractivity contribution is 5.79. The van der Waals surface area contributed by atoms with E-state index in [1.54, 1.807) is 0 Å². The molecule has 17 heavy (non-hydrogen) atoms. The first-order valence-electron chi connectivity index (χ1n) is 6.20. The Morgan fingerprint density at radius 2 is 2.06 bits per heavy atom. The molecule has 92 valence electrons. The highest BCUT2D eigenvalue weighted by Crippen LogP contribution is 2.25. The Labute approximate surface area is 102 Å². The van der Waals surface area contributed by atoms with Crippen molar-refractivity contribution in [2.45, 2.75) is 46.1 Å². The molecule has 0 fully saturated rings. The van der Waals surface area contributed by atoms with E-state index in [4.69, 9.17) is 5.73 Å². The summed E-state index contributed by atoms with van der Waals surface area (Å²) in [5, 5.41) is 0. The molecular formula is C14H21N3. The molecule has 1 unspecified atom stereocenters. The standard InChI is InChI=1S/C14H21N3/c1-5-6-14(4,15)13-16-11-8-9(2)7-10(3)12(11)17-13/h7-8H,5-6,15H2,1-4H3,(H,16,17). The summed E-state index contributed by atoms with van der Waals surface area (Å²) >= 11 is 0. The lowest BCUT2D eigenvalue weighted by Gasteiger charge is -2.20. The smallest absolute Gasteiger partial charge is 0.127 e. The van der Waals surface area contributed by atoms with Crippen LogP contribution in [0.1, 0.15) is 43.6 Å². The first-order valence-corrected chi connectivity index (χ1v) is 6.20. The van der Waals surface area contributed by atoms with E-state index in [2.05, 4.69) is 42.9 Å². The Bertz CT molecular complexity index is 538. The van der Waals surface area contributed by atoms with Gasteiger partial charge in [-0.2, -0.15) is 0 Å². The Hall–Kier alpha value is -1.35. The van der Waals surface area contributed by atoms with Crippen molar-refractivity contribution in [3.63, 3.8) is 0 Å². The molecule has 0 aliphatic carbocycles. The summed E-state index contributed by atoms with van der Waals surface area (Å²) in [7, 11) is 0. The SMILES string of the molecule is CCCC(C)(N)c1nc2c(C)cc(C)cc2[nH]1. The molecule has 1 aromatic heterocycles. The molecule has 2 rings (SSSR count). The number of imidazole rings is 1. The lowest BCUT2D eigenvalue weighted by Crippen LogP contribution is -2.34. The average Bonchev–Trinajstić information content (AvgIpc) is 2.62. The number of fused-ring (bicyclic) bond motifs is 1. The first kappa shape index (κ1) is 12.1. The van der Waals surface area contributed by atoms with Gasteiger partial charge in [-0.15, -0.1) is 0 Å². The number of H-pyrrole nitrogens is 1. The minimum Gasteiger partial charge on any atom is -0.340 e. The van der Waals surface area contributed by atoms with E-state index in [-0.39, 0.29) is 5.54 Å². The van der Waals surface area contributed by atoms with Crippen molar-refractivity contribution in [1.29, 1.82) is 0 Å². The third-order valence-corrected chi connectivity index (χ3v) is 3.23. The number of nitrogens with one attached hydrogen (secondary N) is 1. The fraction of sp³-hybridized carbons (Fsp3) is 0.500. The van der Waals surface area contributed by atoms with Gasteiger partial charge in [0.05, 0.1) is 16.6 Å². The van der Waals surface area contributed by atoms with E-state index < -0.39 is 0 Å². The van der Waals surface area contributed by atoms with Gasteiger partial charge < -0.3 is 10.7 Å². The van der Waals surface area contributed by atoms with Crippen LogP contribution in [0.15, 0.2) is 12.1 Å². The summed E-state index contributed by atoms with van der Waals surface area (Å²) in [5.74, 6) is 0.892. The van der Waals surface area contributed by atoms with E-state index in [1.807, 2.05) is 6.92 Å². The lowest BCUT2D eigenvalue weighted by atomic mass is 9.97. The molecule has 3 heteroatoms. The van der Waals surface area contributed by atoms with Crippen LogP contribution in [-0.4, -0.2) is 9.97 Å². The zero-order valence-electron chi connectivity index (χ0n) is 11.1. The number of hydrogen-bond donors (Lipinski definition) is 2. The Kier molecular flexibility index (Phi) is 2.96. The second kappa shape index (κ2) is 4.15. The van der Waals surface area contributed by atoms with Gasteiger partial charge in [0.15, 0.2) is 0 Å². The van der Waals surface area contributed by atoms with Gasteiger partial charge in [-0.25, -0.2) is 4.98 Å². The highest BCUT2D eigenvalue weighted by Gasteiger charge is 2.24. The van der Waals surface area contributed by atoms with E-state index in [9.17, 15) is 0 Å². The van der Waals surface area contributed by atoms with Gasteiger partial charge in [0, 0.05) is 0 Å². The largest absolute Gasteiger partial charge is 0.340 e. The summed E-state index contributed by atoms with van der Waals surface area (Å²) in [5.41, 5.74) is 10.5. The molecule has 3 nitrogen and oxygen atoms in total. The van der Waals surface area contributed by atoms with Gasteiger partial charge >= 0.3 is 0 Å². The lowest BCUT2D eigenvalue weighted by molar-refractivity contribution is 0.424. The van der Waals surface area contributed by atoms with Crippen LogP contribution >= 0.6 is 0 Å². The molecule has 2 aromatic rings. The number of aromatic nitrogens is 2. The van der Waals surface area contributed by atoms with Crippen molar-refractivity contribution < 1.29 is 0 Å². The second-order valence-corrected chi connectivity index (χ2v) is 5.23. The number of nitrogens with two attached hydrogens (primary N) is 1. The molecule has 0 saturated carbocycles. The number of benzene rings is 1. The maximum atomic E-state index is 6.31. The van der Waals surface area contributed by atoms with Crippen LogP contribution in [0.3, 0.4) is 0 Å². The number of aromatic amines is 1. The van der Waals surface area contributed by atoms with E-state index in [0.29, 0.717) is 0 Å². The summed E-state index contributed by atoms with van der Waals surface area (Å²) in [6, 6.07) is 4.28. The van der Waals surface area contributed by atoms with Crippen LogP contribution in [0.2, 0.25) is 0 Å². The van der Waals surface area contributed by atoms with Gasteiger partial charge in [0.1, 0.15) is 5.82 Å². The molecule has 1 aromatic carbocycles. The molecule has 0 bridgehead atoms. The fourth-order valence-corrected chi connectivity index (χ4v) is 2.38. The Morgan fingerprint density at radius 1 is 1.35 bits per heavy atom. The van der Waals surface area contributed by atoms with Crippen LogP contribution in [0, 0.1) is 13.8 Å². The molecule has 0 radical (unpaired) electrons. The number of hydrogen-bond acceptors (Lipinski definition) is 2. The van der Waals surface area contributed by atoms with Crippen LogP contribution in [0.4, 0.5) is 0 Å². The Balaban J connectivity index is 2.55. The molecule has 0 amide bonds. The van der Waals surface area contributed by atoms with Gasteiger partial charge in [-0.05, 0) is 44.4 Å². The van der Waals surface area contributed by atoms with Gasteiger partial charge in [-0.3, -0.25) is 0 Å². The fourth-order valence-electron chi connectivity index (χ4n) is 2.38. The maximum Gasteiger partial charge on any atom is 0.127 e. The monoisotopic (exact) mass is 231 g/mol. The van der Waals surface area contributed by atoms with Gasteiger partial charge in [0.25, 0.3) is 0 Å². The summed E-state index contributed by atoms with van der Waals surface area (Å²) in [4.78, 5) is 8.03. The average molecular weight is 231 g/mol. The molecular weight excluding hydrogens is 210 g/mol. The summed E-state index contributed by atoms with van der Waals surface area (Å²) < 4.78 is 0. The second-order valence-electron chi connectivity index (χ2n) is 5.23. The van der Waals surface area contributed by atoms with Crippen LogP contribution in [0.5, 0.6) is 0 Å². The third-order valence-electron chi connectivity index (χ3n) is 3.23. The van der Waals surface area contributed by atoms with Crippen molar-refractivity contribution in [1.82, 2.24) is 9.97 Å². The quantitative estimate of drug-likeness (QED) is 0.852. The molecule has 0 saturated heterocycles. The van der Waals surface area contributed by atoms with Crippen molar-refractivity contribution in [2.24, 2.45) is 5.73 Å². The van der Waals surface area contributed by atoms with Crippen molar-refractivity contribution in [3.05, 3.63) is 29.1 Å². The Morgan fingerprint density at radius 3 is 2.71 bits per heavy atom. The minimum absolute atomic E-state index is 0.367. The molecule has 0 aliphatic rings. The van der Waals surface area contributed by atoms with Crippen LogP contribution < -0.4 is 5.73 Å².